The normalized spacial score (nSPS) is 11.0. The van der Waals surface area contributed by atoms with Gasteiger partial charge in [-0.1, -0.05) is 182 Å². The number of nitrogens with one attached hydrogen (secondary N) is 1. The fraction of sp³-hybridized carbons (Fsp3) is 0.885. The second kappa shape index (κ2) is 48.8. The van der Waals surface area contributed by atoms with Crippen molar-refractivity contribution < 1.29 is 19.1 Å². The van der Waals surface area contributed by atoms with Crippen LogP contribution in [-0.4, -0.2) is 77.8 Å². The van der Waals surface area contributed by atoms with Crippen molar-refractivity contribution in [1.29, 1.82) is 0 Å². The van der Waals surface area contributed by atoms with E-state index in [9.17, 15) is 19.2 Å². The van der Waals surface area contributed by atoms with Gasteiger partial charge in [0, 0.05) is 33.2 Å². The summed E-state index contributed by atoms with van der Waals surface area (Å²) in [5, 5.41) is 3.26. The lowest BCUT2D eigenvalue weighted by molar-refractivity contribution is -0.128. The first-order valence-corrected chi connectivity index (χ1v) is 25.8. The molecule has 0 saturated carbocycles. The number of rotatable bonds is 44. The third-order valence-corrected chi connectivity index (χ3v) is 11.6. The molecule has 0 bridgehead atoms. The van der Waals surface area contributed by atoms with E-state index in [1.165, 1.54) is 148 Å². The van der Waals surface area contributed by atoms with Crippen molar-refractivity contribution in [3.05, 3.63) is 20.4 Å². The predicted molar refractivity (Wildman–Crippen MR) is 265 cm³/mol. The van der Waals surface area contributed by atoms with Crippen molar-refractivity contribution in [1.82, 2.24) is 4.90 Å². The van der Waals surface area contributed by atoms with Gasteiger partial charge in [-0.05, 0) is 72.0 Å². The molecule has 0 spiro atoms. The van der Waals surface area contributed by atoms with Gasteiger partial charge in [0.15, 0.2) is 0 Å². The highest BCUT2D eigenvalue weighted by molar-refractivity contribution is 5.75. The van der Waals surface area contributed by atoms with Crippen molar-refractivity contribution in [2.75, 3.05) is 64.2 Å². The summed E-state index contributed by atoms with van der Waals surface area (Å²) in [4.78, 5) is 49.1. The Kier molecular flexibility index (Phi) is 48.6. The Morgan fingerprint density at radius 1 is 0.525 bits per heavy atom. The maximum absolute atomic E-state index is 12.4. The van der Waals surface area contributed by atoms with Crippen LogP contribution in [0.5, 0.6) is 0 Å². The molecule has 0 atom stereocenters. The largest absolute Gasteiger partial charge is 0.468 e. The van der Waals surface area contributed by atoms with E-state index in [4.69, 9.17) is 4.74 Å². The van der Waals surface area contributed by atoms with Gasteiger partial charge in [-0.3, -0.25) is 14.4 Å². The molecule has 0 aliphatic rings. The minimum absolute atomic E-state index is 0.322. The number of methoxy groups -OCH3 is 1. The van der Waals surface area contributed by atoms with Gasteiger partial charge in [0.05, 0.1) is 12.7 Å². The molecule has 0 unspecified atom stereocenters. The molecule has 0 amide bonds. The lowest BCUT2D eigenvalue weighted by Crippen LogP contribution is -2.43. The highest BCUT2D eigenvalue weighted by atomic mass is 16.5. The van der Waals surface area contributed by atoms with Crippen LogP contribution in [0.3, 0.4) is 0 Å². The van der Waals surface area contributed by atoms with Crippen LogP contribution in [-0.2, 0) is 19.1 Å². The average molecular weight is 864 g/mol. The lowest BCUT2D eigenvalue weighted by atomic mass is 10.0. The quantitative estimate of drug-likeness (QED) is 0.0390. The van der Waals surface area contributed by atoms with Gasteiger partial charge < -0.3 is 29.4 Å². The number of carbonyl (C=O) groups excluding carboxylic acids is 2. The van der Waals surface area contributed by atoms with Crippen LogP contribution in [0, 0.1) is 0 Å². The standard InChI is InChI=1S/C26H47N3O3.C18H38O.C8H16O2/c1-4-5-6-7-10-14-20-29(21-15-11-8-9-12-17-22-30)24-23(25(31)26(24)32)27-18-13-16-19-28(2)3;1-4-6-8-10-12-14-16-18(19-3)17-15-13-11-9-7-5-2;1-2-3-4-5-6-7-10-8-9/h22,27H,4-21H2,1-3H3;18H,4-17H2,1-3H3;8H,2-7H2,1H3. The topological polar surface area (TPSA) is 105 Å². The summed E-state index contributed by atoms with van der Waals surface area (Å²) in [7, 11) is 6.01. The van der Waals surface area contributed by atoms with E-state index in [0.29, 0.717) is 37.0 Å². The Hall–Kier alpha value is -2.26. The molecule has 1 rings (SSSR count). The van der Waals surface area contributed by atoms with Gasteiger partial charge in [-0.25, -0.2) is 0 Å². The number of aldehydes is 1. The van der Waals surface area contributed by atoms with E-state index in [-0.39, 0.29) is 10.9 Å². The monoisotopic (exact) mass is 864 g/mol. The Labute approximate surface area is 377 Å². The maximum Gasteiger partial charge on any atom is 0.293 e. The smallest absolute Gasteiger partial charge is 0.293 e. The molecule has 1 N–H and O–H groups in total. The zero-order valence-corrected chi connectivity index (χ0v) is 41.4. The summed E-state index contributed by atoms with van der Waals surface area (Å²) in [6, 6.07) is 0. The van der Waals surface area contributed by atoms with Crippen molar-refractivity contribution in [2.24, 2.45) is 0 Å². The fourth-order valence-electron chi connectivity index (χ4n) is 7.61. The van der Waals surface area contributed by atoms with E-state index < -0.39 is 0 Å². The molecular weight excluding hydrogens is 763 g/mol. The summed E-state index contributed by atoms with van der Waals surface area (Å²) in [5.74, 6) is 0. The maximum atomic E-state index is 12.4. The van der Waals surface area contributed by atoms with Gasteiger partial charge in [-0.2, -0.15) is 0 Å². The molecule has 0 aliphatic heterocycles. The molecule has 1 aromatic rings. The number of nitrogens with zero attached hydrogens (tertiary/aromatic N) is 2. The minimum atomic E-state index is -0.352. The first-order chi connectivity index (χ1) is 29.8. The highest BCUT2D eigenvalue weighted by Gasteiger charge is 2.25. The number of ether oxygens (including phenoxy) is 2. The summed E-state index contributed by atoms with van der Waals surface area (Å²) < 4.78 is 10.1. The number of unbranched alkanes of at least 4 members (excludes halogenated alkanes) is 25. The molecule has 0 fully saturated rings. The van der Waals surface area contributed by atoms with E-state index in [2.05, 4.69) is 61.6 Å². The van der Waals surface area contributed by atoms with Gasteiger partial charge in [0.1, 0.15) is 17.7 Å². The van der Waals surface area contributed by atoms with E-state index >= 15 is 0 Å². The van der Waals surface area contributed by atoms with Crippen molar-refractivity contribution >= 4 is 24.1 Å². The number of hydrogen-bond acceptors (Lipinski definition) is 9. The van der Waals surface area contributed by atoms with Crippen LogP contribution in [0.15, 0.2) is 9.59 Å². The van der Waals surface area contributed by atoms with Crippen molar-refractivity contribution in [3.63, 3.8) is 0 Å². The first-order valence-electron chi connectivity index (χ1n) is 25.8. The lowest BCUT2D eigenvalue weighted by Gasteiger charge is -2.28. The molecule has 0 aromatic heterocycles. The second-order valence-electron chi connectivity index (χ2n) is 17.6. The molecule has 0 heterocycles. The molecule has 0 saturated heterocycles. The Balaban J connectivity index is 0. The van der Waals surface area contributed by atoms with Crippen LogP contribution >= 0.6 is 0 Å². The van der Waals surface area contributed by atoms with Crippen molar-refractivity contribution in [2.45, 2.75) is 246 Å². The number of hydrogen-bond donors (Lipinski definition) is 1. The first kappa shape index (κ1) is 60.8. The zero-order chi connectivity index (χ0) is 45.4. The van der Waals surface area contributed by atoms with E-state index in [0.717, 1.165) is 90.3 Å². The molecular formula is C52H101N3O6. The van der Waals surface area contributed by atoms with Gasteiger partial charge in [-0.15, -0.1) is 0 Å². The van der Waals surface area contributed by atoms with E-state index in [1.54, 1.807) is 0 Å². The van der Waals surface area contributed by atoms with Gasteiger partial charge in [0.2, 0.25) is 0 Å². The van der Waals surface area contributed by atoms with Crippen LogP contribution in [0.2, 0.25) is 0 Å². The predicted octanol–water partition coefficient (Wildman–Crippen LogP) is 13.4. The van der Waals surface area contributed by atoms with Crippen LogP contribution < -0.4 is 21.1 Å². The molecule has 61 heavy (non-hydrogen) atoms. The van der Waals surface area contributed by atoms with Gasteiger partial charge in [0.25, 0.3) is 17.3 Å². The number of anilines is 2. The molecule has 0 radical (unpaired) electrons. The second-order valence-corrected chi connectivity index (χ2v) is 17.6. The van der Waals surface area contributed by atoms with Crippen LogP contribution in [0.1, 0.15) is 240 Å². The Morgan fingerprint density at radius 3 is 1.39 bits per heavy atom. The molecule has 9 nitrogen and oxygen atoms in total. The van der Waals surface area contributed by atoms with Crippen molar-refractivity contribution in [3.8, 4) is 0 Å². The third kappa shape index (κ3) is 39.1. The number of carbonyl (C=O) groups is 2. The molecule has 1 aromatic carbocycles. The molecule has 360 valence electrons. The third-order valence-electron chi connectivity index (χ3n) is 11.6. The minimum Gasteiger partial charge on any atom is -0.468 e. The van der Waals surface area contributed by atoms with Gasteiger partial charge >= 0.3 is 0 Å². The molecule has 9 heteroatoms. The average Bonchev–Trinajstić information content (AvgIpc) is 3.26. The van der Waals surface area contributed by atoms with Crippen LogP contribution in [0.25, 0.3) is 0 Å². The SMILES string of the molecule is CCCCCCCCC(CCCCCCCC)OC.CCCCCCCCN(CCCCCCCC=O)c1c(NCCCCN(C)C)c(=O)c1=O.CCCCCCCOC=O. The van der Waals surface area contributed by atoms with Crippen LogP contribution in [0.4, 0.5) is 11.4 Å². The summed E-state index contributed by atoms with van der Waals surface area (Å²) in [6.07, 6.45) is 42.0. The zero-order valence-electron chi connectivity index (χ0n) is 41.4. The molecule has 0 aliphatic carbocycles. The summed E-state index contributed by atoms with van der Waals surface area (Å²) in [5.41, 5.74) is 0.487. The Morgan fingerprint density at radius 2 is 0.951 bits per heavy atom. The van der Waals surface area contributed by atoms with E-state index in [1.807, 2.05) is 7.11 Å². The Bertz CT molecular complexity index is 1110. The summed E-state index contributed by atoms with van der Waals surface area (Å²) in [6.45, 7) is 13.5. The fourth-order valence-corrected chi connectivity index (χ4v) is 7.61. The highest BCUT2D eigenvalue weighted by Crippen LogP contribution is 2.23. The summed E-state index contributed by atoms with van der Waals surface area (Å²) >= 11 is 0.